The largest absolute Gasteiger partial charge is 0.467 e. The van der Waals surface area contributed by atoms with Gasteiger partial charge >= 0.3 is 11.9 Å². The van der Waals surface area contributed by atoms with E-state index in [9.17, 15) is 19.2 Å². The number of carbonyl (C=O) groups excluding carboxylic acids is 4. The van der Waals surface area contributed by atoms with Crippen LogP contribution in [0.25, 0.3) is 0 Å². The molecule has 2 atom stereocenters. The minimum Gasteiger partial charge on any atom is -0.467 e. The zero-order valence-corrected chi connectivity index (χ0v) is 15.9. The van der Waals surface area contributed by atoms with Gasteiger partial charge in [0.05, 0.1) is 14.2 Å². The standard InChI is InChI=1S/C14H24N2O6S2/c1-9(17)15-11(13(19)21-3)5-7-23-24-8-6-12(14(20)22-4)16-10(2)18/h11-12H,5-8H2,1-4H3,(H,15,17)(H,16,18)/t11-,12-/m1/s1. The van der Waals surface area contributed by atoms with Crippen molar-refractivity contribution in [2.45, 2.75) is 38.8 Å². The Balaban J connectivity index is 4.09. The number of carbonyl (C=O) groups is 4. The van der Waals surface area contributed by atoms with Crippen LogP contribution in [0.2, 0.25) is 0 Å². The van der Waals surface area contributed by atoms with Gasteiger partial charge in [-0.15, -0.1) is 0 Å². The zero-order valence-electron chi connectivity index (χ0n) is 14.2. The number of hydrogen-bond donors (Lipinski definition) is 2. The van der Waals surface area contributed by atoms with Gasteiger partial charge in [0.15, 0.2) is 0 Å². The smallest absolute Gasteiger partial charge is 0.328 e. The molecule has 138 valence electrons. The summed E-state index contributed by atoms with van der Waals surface area (Å²) in [4.78, 5) is 45.2. The van der Waals surface area contributed by atoms with Crippen LogP contribution in [0.15, 0.2) is 0 Å². The van der Waals surface area contributed by atoms with E-state index < -0.39 is 24.0 Å². The Morgan fingerprint density at radius 3 is 1.38 bits per heavy atom. The Morgan fingerprint density at radius 1 is 0.792 bits per heavy atom. The van der Waals surface area contributed by atoms with Crippen molar-refractivity contribution in [3.8, 4) is 0 Å². The Morgan fingerprint density at radius 2 is 1.12 bits per heavy atom. The number of rotatable bonds is 11. The van der Waals surface area contributed by atoms with Crippen LogP contribution in [0.5, 0.6) is 0 Å². The second kappa shape index (κ2) is 12.9. The monoisotopic (exact) mass is 380 g/mol. The van der Waals surface area contributed by atoms with Gasteiger partial charge in [0.2, 0.25) is 11.8 Å². The summed E-state index contributed by atoms with van der Waals surface area (Å²) in [7, 11) is 5.56. The highest BCUT2D eigenvalue weighted by Gasteiger charge is 2.21. The average molecular weight is 380 g/mol. The summed E-state index contributed by atoms with van der Waals surface area (Å²) in [5.41, 5.74) is 0. The molecule has 0 saturated carbocycles. The first-order valence-corrected chi connectivity index (χ1v) is 9.74. The fourth-order valence-electron chi connectivity index (χ4n) is 1.72. The molecule has 0 aliphatic carbocycles. The minimum atomic E-state index is -0.664. The van der Waals surface area contributed by atoms with Crippen LogP contribution in [0, 0.1) is 0 Å². The maximum Gasteiger partial charge on any atom is 0.328 e. The number of esters is 2. The molecule has 0 heterocycles. The summed E-state index contributed by atoms with van der Waals surface area (Å²) < 4.78 is 9.27. The number of hydrogen-bond acceptors (Lipinski definition) is 8. The second-order valence-corrected chi connectivity index (χ2v) is 7.48. The highest BCUT2D eigenvalue weighted by molar-refractivity contribution is 8.76. The summed E-state index contributed by atoms with van der Waals surface area (Å²) in [5.74, 6) is -0.306. The molecule has 24 heavy (non-hydrogen) atoms. The van der Waals surface area contributed by atoms with Crippen LogP contribution in [0.4, 0.5) is 0 Å². The summed E-state index contributed by atoms with van der Waals surface area (Å²) in [6, 6.07) is -1.33. The fraction of sp³-hybridized carbons (Fsp3) is 0.714. The van der Waals surface area contributed by atoms with E-state index in [4.69, 9.17) is 0 Å². The van der Waals surface area contributed by atoms with Crippen LogP contribution in [0.3, 0.4) is 0 Å². The molecule has 0 saturated heterocycles. The third kappa shape index (κ3) is 10.4. The maximum atomic E-state index is 11.5. The summed E-state index contributed by atoms with van der Waals surface area (Å²) in [6.45, 7) is 2.68. The topological polar surface area (TPSA) is 111 Å². The third-order valence-corrected chi connectivity index (χ3v) is 5.26. The predicted molar refractivity (Wildman–Crippen MR) is 93.4 cm³/mol. The van der Waals surface area contributed by atoms with Crippen LogP contribution < -0.4 is 10.6 Å². The van der Waals surface area contributed by atoms with E-state index in [2.05, 4.69) is 20.1 Å². The van der Waals surface area contributed by atoms with Gasteiger partial charge in [0.25, 0.3) is 0 Å². The first kappa shape index (κ1) is 22.6. The quantitative estimate of drug-likeness (QED) is 0.303. The molecule has 0 aromatic rings. The molecular formula is C14H24N2O6S2. The van der Waals surface area contributed by atoms with Gasteiger partial charge in [-0.3, -0.25) is 9.59 Å². The molecule has 10 heteroatoms. The maximum absolute atomic E-state index is 11.5. The number of nitrogens with one attached hydrogen (secondary N) is 2. The van der Waals surface area contributed by atoms with Crippen LogP contribution in [0.1, 0.15) is 26.7 Å². The molecule has 0 bridgehead atoms. The van der Waals surface area contributed by atoms with Gasteiger partial charge in [0.1, 0.15) is 12.1 Å². The summed E-state index contributed by atoms with van der Waals surface area (Å²) in [5, 5.41) is 5.08. The first-order valence-electron chi connectivity index (χ1n) is 7.26. The number of ether oxygens (including phenoxy) is 2. The lowest BCUT2D eigenvalue weighted by molar-refractivity contribution is -0.145. The van der Waals surface area contributed by atoms with Crippen molar-refractivity contribution in [1.82, 2.24) is 10.6 Å². The molecular weight excluding hydrogens is 356 g/mol. The molecule has 2 N–H and O–H groups in total. The number of amides is 2. The van der Waals surface area contributed by atoms with Crippen molar-refractivity contribution in [2.24, 2.45) is 0 Å². The SMILES string of the molecule is COC(=O)[C@@H](CCSSCC[C@@H](NC(C)=O)C(=O)OC)NC(C)=O. The summed E-state index contributed by atoms with van der Waals surface area (Å²) >= 11 is 0. The molecule has 0 radical (unpaired) electrons. The van der Waals surface area contributed by atoms with Crippen LogP contribution in [-0.2, 0) is 28.7 Å². The fourth-order valence-corrected chi connectivity index (χ4v) is 3.91. The van der Waals surface area contributed by atoms with Gasteiger partial charge in [-0.25, -0.2) is 9.59 Å². The van der Waals surface area contributed by atoms with E-state index in [1.807, 2.05) is 0 Å². The molecule has 0 aliphatic heterocycles. The van der Waals surface area contributed by atoms with E-state index in [1.165, 1.54) is 49.7 Å². The van der Waals surface area contributed by atoms with Crippen LogP contribution in [-0.4, -0.2) is 61.6 Å². The van der Waals surface area contributed by atoms with Crippen molar-refractivity contribution in [3.05, 3.63) is 0 Å². The van der Waals surface area contributed by atoms with Gasteiger partial charge in [-0.2, -0.15) is 0 Å². The van der Waals surface area contributed by atoms with Gasteiger partial charge in [-0.05, 0) is 12.8 Å². The molecule has 0 unspecified atom stereocenters. The molecule has 0 aromatic heterocycles. The Labute approximate surface area is 149 Å². The number of methoxy groups -OCH3 is 2. The van der Waals surface area contributed by atoms with Crippen molar-refractivity contribution in [3.63, 3.8) is 0 Å². The predicted octanol–water partition coefficient (Wildman–Crippen LogP) is 0.503. The minimum absolute atomic E-state index is 0.292. The van der Waals surface area contributed by atoms with E-state index in [-0.39, 0.29) is 11.8 Å². The first-order chi connectivity index (χ1) is 11.3. The molecule has 0 fully saturated rings. The van der Waals surface area contributed by atoms with Crippen molar-refractivity contribution in [1.29, 1.82) is 0 Å². The van der Waals surface area contributed by atoms with Crippen molar-refractivity contribution >= 4 is 45.3 Å². The zero-order chi connectivity index (χ0) is 18.5. The Bertz CT molecular complexity index is 407. The average Bonchev–Trinajstić information content (AvgIpc) is 2.53. The second-order valence-electron chi connectivity index (χ2n) is 4.77. The summed E-state index contributed by atoms with van der Waals surface area (Å²) in [6.07, 6.45) is 0.881. The van der Waals surface area contributed by atoms with Crippen molar-refractivity contribution < 1.29 is 28.7 Å². The molecule has 0 rings (SSSR count). The van der Waals surface area contributed by atoms with E-state index in [0.717, 1.165) is 0 Å². The molecule has 8 nitrogen and oxygen atoms in total. The van der Waals surface area contributed by atoms with E-state index >= 15 is 0 Å². The molecule has 0 aliphatic rings. The van der Waals surface area contributed by atoms with Gasteiger partial charge in [0, 0.05) is 25.4 Å². The van der Waals surface area contributed by atoms with Crippen LogP contribution >= 0.6 is 21.6 Å². The lowest BCUT2D eigenvalue weighted by Crippen LogP contribution is -2.40. The van der Waals surface area contributed by atoms with Gasteiger partial charge < -0.3 is 20.1 Å². The molecule has 2 amide bonds. The van der Waals surface area contributed by atoms with Crippen molar-refractivity contribution in [2.75, 3.05) is 25.7 Å². The molecule has 0 aromatic carbocycles. The van der Waals surface area contributed by atoms with E-state index in [1.54, 1.807) is 0 Å². The lowest BCUT2D eigenvalue weighted by atomic mass is 10.2. The highest BCUT2D eigenvalue weighted by Crippen LogP contribution is 2.24. The van der Waals surface area contributed by atoms with Gasteiger partial charge in [-0.1, -0.05) is 21.6 Å². The lowest BCUT2D eigenvalue weighted by Gasteiger charge is -2.16. The molecule has 0 spiro atoms. The third-order valence-electron chi connectivity index (χ3n) is 2.79. The Kier molecular flexibility index (Phi) is 12.2. The normalized spacial score (nSPS) is 12.7. The van der Waals surface area contributed by atoms with E-state index in [0.29, 0.717) is 24.3 Å². The Hall–Kier alpha value is -1.42. The highest BCUT2D eigenvalue weighted by atomic mass is 33.1.